The molecule has 1 fully saturated rings. The van der Waals surface area contributed by atoms with Gasteiger partial charge in [-0.3, -0.25) is 0 Å². The van der Waals surface area contributed by atoms with E-state index in [2.05, 4.69) is 27.7 Å². The topological polar surface area (TPSA) is 46.2 Å². The quantitative estimate of drug-likeness (QED) is 0.775. The van der Waals surface area contributed by atoms with Gasteiger partial charge in [-0.2, -0.15) is 0 Å². The predicted octanol–water partition coefficient (Wildman–Crippen LogP) is 3.08. The number of aliphatic hydroxyl groups is 1. The van der Waals surface area contributed by atoms with Gasteiger partial charge in [0.1, 0.15) is 0 Å². The second kappa shape index (κ2) is 5.05. The molecular weight excluding hydrogens is 198 g/mol. The summed E-state index contributed by atoms with van der Waals surface area (Å²) in [5.41, 5.74) is 5.37. The average Bonchev–Trinajstić information content (AvgIpc) is 2.28. The summed E-state index contributed by atoms with van der Waals surface area (Å²) < 4.78 is 0. The van der Waals surface area contributed by atoms with Crippen molar-refractivity contribution in [1.82, 2.24) is 0 Å². The molecule has 0 spiro atoms. The molecule has 1 aliphatic rings. The van der Waals surface area contributed by atoms with E-state index in [1.807, 2.05) is 0 Å². The first-order chi connectivity index (χ1) is 7.38. The lowest BCUT2D eigenvalue weighted by atomic mass is 9.65. The van der Waals surface area contributed by atoms with E-state index in [0.29, 0.717) is 0 Å². The van der Waals surface area contributed by atoms with Crippen molar-refractivity contribution < 1.29 is 5.11 Å². The van der Waals surface area contributed by atoms with Crippen LogP contribution in [0.4, 0.5) is 0 Å². The molecule has 2 nitrogen and oxygen atoms in total. The van der Waals surface area contributed by atoms with E-state index in [1.165, 1.54) is 0 Å². The summed E-state index contributed by atoms with van der Waals surface area (Å²) in [6, 6.07) is 0. The van der Waals surface area contributed by atoms with Gasteiger partial charge in [-0.25, -0.2) is 0 Å². The van der Waals surface area contributed by atoms with E-state index < -0.39 is 5.60 Å². The van der Waals surface area contributed by atoms with Gasteiger partial charge >= 0.3 is 0 Å². The third-order valence-corrected chi connectivity index (χ3v) is 4.99. The van der Waals surface area contributed by atoms with Crippen molar-refractivity contribution in [2.45, 2.75) is 77.4 Å². The lowest BCUT2D eigenvalue weighted by molar-refractivity contribution is -0.0803. The second-order valence-electron chi connectivity index (χ2n) is 5.98. The SMILES string of the molecule is CCC(N)(CC)C1(O)CCC(C(C)C)CC1. The summed E-state index contributed by atoms with van der Waals surface area (Å²) in [6.45, 7) is 8.75. The molecule has 0 unspecified atom stereocenters. The van der Waals surface area contributed by atoms with Crippen LogP contribution in [0.25, 0.3) is 0 Å². The number of nitrogens with two attached hydrogens (primary N) is 1. The first kappa shape index (κ1) is 14.0. The first-order valence-electron chi connectivity index (χ1n) is 6.90. The highest BCUT2D eigenvalue weighted by molar-refractivity contribution is 5.04. The monoisotopic (exact) mass is 227 g/mol. The Balaban J connectivity index is 2.69. The van der Waals surface area contributed by atoms with Gasteiger partial charge in [-0.1, -0.05) is 27.7 Å². The van der Waals surface area contributed by atoms with E-state index in [9.17, 15) is 5.11 Å². The normalized spacial score (nSPS) is 32.1. The molecule has 0 aromatic rings. The first-order valence-corrected chi connectivity index (χ1v) is 6.90. The zero-order valence-corrected chi connectivity index (χ0v) is 11.4. The van der Waals surface area contributed by atoms with Crippen LogP contribution in [0, 0.1) is 11.8 Å². The molecule has 0 radical (unpaired) electrons. The molecule has 0 bridgehead atoms. The van der Waals surface area contributed by atoms with Crippen molar-refractivity contribution in [3.05, 3.63) is 0 Å². The summed E-state index contributed by atoms with van der Waals surface area (Å²) in [4.78, 5) is 0. The predicted molar refractivity (Wildman–Crippen MR) is 69.2 cm³/mol. The smallest absolute Gasteiger partial charge is 0.0826 e. The number of hydrogen-bond acceptors (Lipinski definition) is 2. The van der Waals surface area contributed by atoms with Crippen LogP contribution >= 0.6 is 0 Å². The summed E-state index contributed by atoms with van der Waals surface area (Å²) in [7, 11) is 0. The molecule has 0 atom stereocenters. The maximum Gasteiger partial charge on any atom is 0.0826 e. The number of hydrogen-bond donors (Lipinski definition) is 2. The van der Waals surface area contributed by atoms with Crippen molar-refractivity contribution in [3.63, 3.8) is 0 Å². The fraction of sp³-hybridized carbons (Fsp3) is 1.00. The van der Waals surface area contributed by atoms with E-state index in [4.69, 9.17) is 5.73 Å². The number of rotatable bonds is 4. The van der Waals surface area contributed by atoms with E-state index in [1.54, 1.807) is 0 Å². The molecule has 0 saturated heterocycles. The van der Waals surface area contributed by atoms with Crippen LogP contribution in [-0.4, -0.2) is 16.2 Å². The van der Waals surface area contributed by atoms with Gasteiger partial charge in [0, 0.05) is 5.54 Å². The molecule has 2 heteroatoms. The highest BCUT2D eigenvalue weighted by atomic mass is 16.3. The highest BCUT2D eigenvalue weighted by Crippen LogP contribution is 2.42. The molecule has 0 heterocycles. The molecule has 0 aromatic carbocycles. The van der Waals surface area contributed by atoms with Crippen molar-refractivity contribution in [1.29, 1.82) is 0 Å². The molecule has 16 heavy (non-hydrogen) atoms. The van der Waals surface area contributed by atoms with Gasteiger partial charge in [0.15, 0.2) is 0 Å². The zero-order chi connectivity index (χ0) is 12.4. The molecular formula is C14H29NO. The Morgan fingerprint density at radius 3 is 2.00 bits per heavy atom. The van der Waals surface area contributed by atoms with E-state index in [0.717, 1.165) is 50.4 Å². The third kappa shape index (κ3) is 2.43. The van der Waals surface area contributed by atoms with Gasteiger partial charge in [0.2, 0.25) is 0 Å². The van der Waals surface area contributed by atoms with Crippen molar-refractivity contribution in [2.75, 3.05) is 0 Å². The maximum absolute atomic E-state index is 10.8. The van der Waals surface area contributed by atoms with Gasteiger partial charge in [-0.15, -0.1) is 0 Å². The Morgan fingerprint density at radius 2 is 1.69 bits per heavy atom. The van der Waals surface area contributed by atoms with Crippen LogP contribution in [-0.2, 0) is 0 Å². The highest BCUT2D eigenvalue weighted by Gasteiger charge is 2.47. The second-order valence-corrected chi connectivity index (χ2v) is 5.98. The van der Waals surface area contributed by atoms with Crippen LogP contribution in [0.1, 0.15) is 66.2 Å². The summed E-state index contributed by atoms with van der Waals surface area (Å²) in [5.74, 6) is 1.51. The minimum absolute atomic E-state index is 0.380. The Bertz CT molecular complexity index is 213. The summed E-state index contributed by atoms with van der Waals surface area (Å²) in [5, 5.41) is 10.8. The molecule has 96 valence electrons. The van der Waals surface area contributed by atoms with Crippen LogP contribution in [0.2, 0.25) is 0 Å². The zero-order valence-electron chi connectivity index (χ0n) is 11.4. The lowest BCUT2D eigenvalue weighted by Crippen LogP contribution is -2.61. The minimum atomic E-state index is -0.623. The van der Waals surface area contributed by atoms with Crippen molar-refractivity contribution in [2.24, 2.45) is 17.6 Å². The van der Waals surface area contributed by atoms with E-state index in [-0.39, 0.29) is 5.54 Å². The van der Waals surface area contributed by atoms with Crippen LogP contribution < -0.4 is 5.73 Å². The Kier molecular flexibility index (Phi) is 4.42. The minimum Gasteiger partial charge on any atom is -0.388 e. The molecule has 1 rings (SSSR count). The van der Waals surface area contributed by atoms with Gasteiger partial charge < -0.3 is 10.8 Å². The van der Waals surface area contributed by atoms with Crippen LogP contribution in [0.3, 0.4) is 0 Å². The fourth-order valence-corrected chi connectivity index (χ4v) is 3.19. The average molecular weight is 227 g/mol. The standard InChI is InChI=1S/C14H29NO/c1-5-13(15,6-2)14(16)9-7-12(8-10-14)11(3)4/h11-12,16H,5-10,15H2,1-4H3. The van der Waals surface area contributed by atoms with Crippen LogP contribution in [0.5, 0.6) is 0 Å². The van der Waals surface area contributed by atoms with Crippen molar-refractivity contribution in [3.8, 4) is 0 Å². The van der Waals surface area contributed by atoms with E-state index >= 15 is 0 Å². The fourth-order valence-electron chi connectivity index (χ4n) is 3.19. The Morgan fingerprint density at radius 1 is 1.25 bits per heavy atom. The molecule has 0 aliphatic heterocycles. The Labute approximate surface area is 101 Å². The molecule has 0 amide bonds. The molecule has 1 saturated carbocycles. The molecule has 1 aliphatic carbocycles. The largest absolute Gasteiger partial charge is 0.388 e. The van der Waals surface area contributed by atoms with Gasteiger partial charge in [0.05, 0.1) is 5.60 Å². The molecule has 0 aromatic heterocycles. The molecule has 3 N–H and O–H groups in total. The summed E-state index contributed by atoms with van der Waals surface area (Å²) in [6.07, 6.45) is 5.76. The van der Waals surface area contributed by atoms with Crippen molar-refractivity contribution >= 4 is 0 Å². The lowest BCUT2D eigenvalue weighted by Gasteiger charge is -2.48. The maximum atomic E-state index is 10.8. The summed E-state index contributed by atoms with van der Waals surface area (Å²) >= 11 is 0. The third-order valence-electron chi connectivity index (χ3n) is 4.99. The van der Waals surface area contributed by atoms with Crippen LogP contribution in [0.15, 0.2) is 0 Å². The van der Waals surface area contributed by atoms with Gasteiger partial charge in [-0.05, 0) is 50.4 Å². The Hall–Kier alpha value is -0.0800. The van der Waals surface area contributed by atoms with Gasteiger partial charge in [0.25, 0.3) is 0 Å².